The van der Waals surface area contributed by atoms with Gasteiger partial charge in [0.15, 0.2) is 0 Å². The van der Waals surface area contributed by atoms with Crippen molar-refractivity contribution in [2.75, 3.05) is 4.90 Å². The van der Waals surface area contributed by atoms with Gasteiger partial charge in [-0.3, -0.25) is 0 Å². The number of carboxylic acids is 1. The van der Waals surface area contributed by atoms with Crippen molar-refractivity contribution in [3.05, 3.63) is 203 Å². The highest BCUT2D eigenvalue weighted by molar-refractivity contribution is 6.02. The SMILES string of the molecule is N#C/C(=C/c1ccc(-c2c3nc(c(-c4ccccc4)c4ccc([nH]4)c(N4c5ccccc5CCc5ccccc54)c4nc(c(-c5ccccc5)c5ccc2[nH]5)C=C4)C=C3)cc1)C(=O)O. The average molecular weight is 827 g/mol. The number of benzene rings is 5. The van der Waals surface area contributed by atoms with Gasteiger partial charge in [0.05, 0.1) is 34.0 Å². The van der Waals surface area contributed by atoms with Gasteiger partial charge in [-0.2, -0.15) is 5.26 Å². The lowest BCUT2D eigenvalue weighted by Crippen LogP contribution is -2.13. The fraction of sp³-hybridized carbons (Fsp3) is 0.0357. The zero-order valence-corrected chi connectivity index (χ0v) is 34.5. The third-order valence-corrected chi connectivity index (χ3v) is 12.1. The standard InChI is InChI=1S/C56H38N6O2/c57-34-41(56(63)64)33-35-19-21-40(22-20-35)54-44-27-25-42(58-44)52(38-13-3-1-4-14-38)46-29-31-48(60-46)55(62-50-17-9-7-11-36(50)23-24-37-12-8-10-18-51(37)62)49-32-30-47(61-49)53(39-15-5-2-6-16-39)43-26-28-45(54)59-43/h1-22,25-33,58,61H,23-24H2,(H,63,64)/b41-33-,52-42?,52-46?,53-43?,53-47?,54-44?,54-45?,55-48?,55-49?. The van der Waals surface area contributed by atoms with Crippen LogP contribution in [0.4, 0.5) is 17.1 Å². The van der Waals surface area contributed by atoms with E-state index in [1.165, 1.54) is 17.2 Å². The van der Waals surface area contributed by atoms with Crippen molar-refractivity contribution in [3.63, 3.8) is 0 Å². The number of fused-ring (bicyclic) bond motifs is 10. The van der Waals surface area contributed by atoms with Gasteiger partial charge in [0.2, 0.25) is 0 Å². The summed E-state index contributed by atoms with van der Waals surface area (Å²) < 4.78 is 0. The summed E-state index contributed by atoms with van der Waals surface area (Å²) >= 11 is 0. The number of hydrogen-bond acceptors (Lipinski definition) is 5. The Balaban J connectivity index is 1.27. The smallest absolute Gasteiger partial charge is 0.346 e. The first kappa shape index (κ1) is 38.1. The molecule has 6 heterocycles. The first-order valence-electron chi connectivity index (χ1n) is 21.2. The zero-order chi connectivity index (χ0) is 43.1. The minimum absolute atomic E-state index is 0.336. The van der Waals surface area contributed by atoms with Gasteiger partial charge in [0, 0.05) is 44.6 Å². The number of H-pyrrole nitrogens is 2. The molecule has 8 aromatic rings. The van der Waals surface area contributed by atoms with Crippen molar-refractivity contribution in [1.29, 1.82) is 5.26 Å². The van der Waals surface area contributed by atoms with E-state index in [1.54, 1.807) is 6.07 Å². The lowest BCUT2D eigenvalue weighted by Gasteiger charge is -2.27. The number of aromatic amines is 2. The highest BCUT2D eigenvalue weighted by atomic mass is 16.4. The fourth-order valence-corrected chi connectivity index (χ4v) is 9.12. The van der Waals surface area contributed by atoms with Gasteiger partial charge in [0.25, 0.3) is 0 Å². The maximum absolute atomic E-state index is 11.7. The van der Waals surface area contributed by atoms with E-state index in [2.05, 4.69) is 136 Å². The largest absolute Gasteiger partial charge is 0.477 e. The van der Waals surface area contributed by atoms with Crippen molar-refractivity contribution in [2.24, 2.45) is 0 Å². The number of carboxylic acid groups (broad SMARTS) is 1. The maximum atomic E-state index is 11.7. The van der Waals surface area contributed by atoms with Crippen molar-refractivity contribution < 1.29 is 9.90 Å². The van der Waals surface area contributed by atoms with Gasteiger partial charge >= 0.3 is 5.97 Å². The number of nitrogens with one attached hydrogen (secondary N) is 2. The molecule has 0 saturated heterocycles. The lowest BCUT2D eigenvalue weighted by molar-refractivity contribution is -0.132. The average Bonchev–Trinajstić information content (AvgIpc) is 4.18. The van der Waals surface area contributed by atoms with E-state index in [0.717, 1.165) is 108 Å². The summed E-state index contributed by atoms with van der Waals surface area (Å²) in [6.45, 7) is 0. The Hall–Kier alpha value is -8.80. The zero-order valence-electron chi connectivity index (χ0n) is 34.5. The summed E-state index contributed by atoms with van der Waals surface area (Å²) in [5.74, 6) is -1.27. The Morgan fingerprint density at radius 2 is 0.953 bits per heavy atom. The molecule has 0 atom stereocenters. The maximum Gasteiger partial charge on any atom is 0.346 e. The summed E-state index contributed by atoms with van der Waals surface area (Å²) in [6, 6.07) is 55.8. The topological polar surface area (TPSA) is 122 Å². The molecule has 0 radical (unpaired) electrons. The van der Waals surface area contributed by atoms with Crippen LogP contribution in [0.5, 0.6) is 0 Å². The number of anilines is 3. The van der Waals surface area contributed by atoms with Crippen LogP contribution in [0, 0.1) is 11.3 Å². The summed E-state index contributed by atoms with van der Waals surface area (Å²) in [6.07, 6.45) is 11.6. The number of aliphatic carboxylic acids is 1. The molecular weight excluding hydrogens is 789 g/mol. The minimum Gasteiger partial charge on any atom is -0.477 e. The second kappa shape index (κ2) is 15.9. The fourth-order valence-electron chi connectivity index (χ4n) is 9.12. The molecular formula is C56H38N6O2. The molecule has 8 bridgehead atoms. The molecule has 0 fully saturated rings. The molecule has 8 nitrogen and oxygen atoms in total. The third-order valence-electron chi connectivity index (χ3n) is 12.1. The first-order valence-corrected chi connectivity index (χ1v) is 21.2. The molecule has 64 heavy (non-hydrogen) atoms. The Labute approximate surface area is 369 Å². The van der Waals surface area contributed by atoms with E-state index in [9.17, 15) is 15.2 Å². The summed E-state index contributed by atoms with van der Waals surface area (Å²) in [5, 5.41) is 19.0. The molecule has 3 aliphatic heterocycles. The quantitative estimate of drug-likeness (QED) is 0.113. The second-order valence-electron chi connectivity index (χ2n) is 15.9. The molecule has 11 rings (SSSR count). The number of nitrogens with zero attached hydrogens (tertiary/aromatic N) is 4. The normalized spacial score (nSPS) is 12.9. The van der Waals surface area contributed by atoms with Crippen LogP contribution in [0.25, 0.3) is 85.8 Å². The Morgan fingerprint density at radius 1 is 0.531 bits per heavy atom. The number of rotatable bonds is 6. The molecule has 3 aliphatic rings. The summed E-state index contributed by atoms with van der Waals surface area (Å²) in [7, 11) is 0. The van der Waals surface area contributed by atoms with Crippen molar-refractivity contribution >= 4 is 75.5 Å². The van der Waals surface area contributed by atoms with Gasteiger partial charge < -0.3 is 20.0 Å². The monoisotopic (exact) mass is 826 g/mol. The van der Waals surface area contributed by atoms with Crippen LogP contribution in [0.15, 0.2) is 163 Å². The number of para-hydroxylation sites is 2. The van der Waals surface area contributed by atoms with Gasteiger partial charge in [-0.25, -0.2) is 14.8 Å². The first-order chi connectivity index (χ1) is 31.5. The Bertz CT molecular complexity index is 3390. The van der Waals surface area contributed by atoms with E-state index < -0.39 is 5.97 Å². The van der Waals surface area contributed by atoms with Crippen molar-refractivity contribution in [2.45, 2.75) is 12.8 Å². The van der Waals surface area contributed by atoms with Crippen LogP contribution in [-0.4, -0.2) is 31.0 Å². The molecule has 3 N–H and O–H groups in total. The number of aryl methyl sites for hydroxylation is 2. The number of carbonyl (C=O) groups is 1. The highest BCUT2D eigenvalue weighted by Gasteiger charge is 2.27. The molecule has 8 heteroatoms. The highest BCUT2D eigenvalue weighted by Crippen LogP contribution is 2.46. The molecule has 5 aromatic carbocycles. The number of aromatic nitrogens is 4. The van der Waals surface area contributed by atoms with Crippen molar-refractivity contribution in [3.8, 4) is 39.4 Å². The van der Waals surface area contributed by atoms with E-state index in [0.29, 0.717) is 5.56 Å². The van der Waals surface area contributed by atoms with Gasteiger partial charge in [-0.05, 0) is 113 Å². The molecule has 0 saturated carbocycles. The van der Waals surface area contributed by atoms with Crippen LogP contribution >= 0.6 is 0 Å². The molecule has 0 spiro atoms. The predicted molar refractivity (Wildman–Crippen MR) is 258 cm³/mol. The summed E-state index contributed by atoms with van der Waals surface area (Å²) in [5.41, 5.74) is 18.3. The molecule has 0 aliphatic carbocycles. The number of nitriles is 1. The number of hydrogen-bond donors (Lipinski definition) is 3. The summed E-state index contributed by atoms with van der Waals surface area (Å²) in [4.78, 5) is 32.7. The Morgan fingerprint density at radius 3 is 1.45 bits per heavy atom. The lowest BCUT2D eigenvalue weighted by atomic mass is 10.0. The van der Waals surface area contributed by atoms with Crippen LogP contribution in [0.2, 0.25) is 0 Å². The molecule has 0 unspecified atom stereocenters. The van der Waals surface area contributed by atoms with E-state index >= 15 is 0 Å². The third kappa shape index (κ3) is 6.78. The van der Waals surface area contributed by atoms with E-state index in [-0.39, 0.29) is 5.57 Å². The van der Waals surface area contributed by atoms with Crippen LogP contribution < -0.4 is 4.90 Å². The van der Waals surface area contributed by atoms with E-state index in [4.69, 9.17) is 9.97 Å². The van der Waals surface area contributed by atoms with Crippen LogP contribution in [0.3, 0.4) is 0 Å². The molecule has 304 valence electrons. The second-order valence-corrected chi connectivity index (χ2v) is 15.9. The minimum atomic E-state index is -1.27. The molecule has 0 amide bonds. The van der Waals surface area contributed by atoms with Crippen LogP contribution in [0.1, 0.15) is 39.5 Å². The Kier molecular flexibility index (Phi) is 9.48. The van der Waals surface area contributed by atoms with Crippen molar-refractivity contribution in [1.82, 2.24) is 19.9 Å². The van der Waals surface area contributed by atoms with Gasteiger partial charge in [0.1, 0.15) is 11.6 Å². The predicted octanol–water partition coefficient (Wildman–Crippen LogP) is 13.2. The van der Waals surface area contributed by atoms with Gasteiger partial charge in [-0.1, -0.05) is 121 Å². The van der Waals surface area contributed by atoms with Crippen LogP contribution in [-0.2, 0) is 17.6 Å². The van der Waals surface area contributed by atoms with Gasteiger partial charge in [-0.15, -0.1) is 0 Å². The molecule has 3 aromatic heterocycles. The van der Waals surface area contributed by atoms with E-state index in [1.807, 2.05) is 60.7 Å².